The monoisotopic (exact) mass is 468 g/mol. The number of benzene rings is 1. The molecule has 0 aliphatic heterocycles. The average Bonchev–Trinajstić information content (AvgIpc) is 3.12. The van der Waals surface area contributed by atoms with Gasteiger partial charge < -0.3 is 24.5 Å². The molecule has 1 aromatic carbocycles. The maximum atomic E-state index is 12.3. The van der Waals surface area contributed by atoms with Gasteiger partial charge in [0.2, 0.25) is 0 Å². The van der Waals surface area contributed by atoms with Crippen LogP contribution in [0.15, 0.2) is 12.1 Å². The van der Waals surface area contributed by atoms with Gasteiger partial charge in [-0.15, -0.1) is 0 Å². The van der Waals surface area contributed by atoms with Gasteiger partial charge in [0.1, 0.15) is 10.8 Å². The summed E-state index contributed by atoms with van der Waals surface area (Å²) in [5.74, 6) is -3.14. The number of H-pyrrole nitrogens is 1. The van der Waals surface area contributed by atoms with Gasteiger partial charge in [0.25, 0.3) is 5.69 Å². The first-order valence-corrected chi connectivity index (χ1v) is 9.96. The number of ether oxygens (including phenoxy) is 3. The molecule has 0 aliphatic rings. The molecule has 0 aliphatic carbocycles. The number of nitro groups is 1. The van der Waals surface area contributed by atoms with Gasteiger partial charge in [-0.1, -0.05) is 11.6 Å². The van der Waals surface area contributed by atoms with E-state index in [0.717, 1.165) is 14.2 Å². The van der Waals surface area contributed by atoms with Gasteiger partial charge in [-0.3, -0.25) is 19.7 Å². The van der Waals surface area contributed by atoms with E-state index in [9.17, 15) is 19.7 Å². The molecule has 11 nitrogen and oxygen atoms in total. The zero-order chi connectivity index (χ0) is 24.0. The predicted octanol–water partition coefficient (Wildman–Crippen LogP) is 2.50. The third-order valence-electron chi connectivity index (χ3n) is 4.75. The Hall–Kier alpha value is -3.02. The van der Waals surface area contributed by atoms with Crippen LogP contribution in [0.25, 0.3) is 11.3 Å². The summed E-state index contributed by atoms with van der Waals surface area (Å²) >= 11 is 6.22. The topological polar surface area (TPSA) is 146 Å². The molecule has 1 atom stereocenters. The SMILES string of the molecule is CN[C@H](C)COCc1nc(C)[nH]c1-c1cc(Cl)c([N+](=O)[O-])c(C(C(=O)OC)C(=O)OC)c1. The molecule has 2 rings (SSSR count). The van der Waals surface area contributed by atoms with Crippen LogP contribution in [0.2, 0.25) is 5.02 Å². The van der Waals surface area contributed by atoms with Crippen molar-refractivity contribution in [2.75, 3.05) is 27.9 Å². The number of nitrogens with one attached hydrogen (secondary N) is 2. The van der Waals surface area contributed by atoms with E-state index in [1.165, 1.54) is 12.1 Å². The van der Waals surface area contributed by atoms with Gasteiger partial charge >= 0.3 is 11.9 Å². The van der Waals surface area contributed by atoms with Gasteiger partial charge in [-0.05, 0) is 33.0 Å². The number of hydrogen-bond donors (Lipinski definition) is 2. The fourth-order valence-corrected chi connectivity index (χ4v) is 3.36. The number of hydrogen-bond acceptors (Lipinski definition) is 9. The molecule has 0 saturated heterocycles. The van der Waals surface area contributed by atoms with Crippen molar-refractivity contribution in [3.05, 3.63) is 44.4 Å². The van der Waals surface area contributed by atoms with Crippen LogP contribution in [0.5, 0.6) is 0 Å². The number of nitro benzene ring substituents is 1. The summed E-state index contributed by atoms with van der Waals surface area (Å²) in [6.45, 7) is 4.29. The smallest absolute Gasteiger partial charge is 0.324 e. The summed E-state index contributed by atoms with van der Waals surface area (Å²) in [5.41, 5.74) is 0.571. The van der Waals surface area contributed by atoms with E-state index < -0.39 is 28.5 Å². The summed E-state index contributed by atoms with van der Waals surface area (Å²) in [4.78, 5) is 43.0. The fraction of sp³-hybridized carbons (Fsp3) is 0.450. The Morgan fingerprint density at radius 2 is 1.91 bits per heavy atom. The maximum Gasteiger partial charge on any atom is 0.324 e. The summed E-state index contributed by atoms with van der Waals surface area (Å²) in [6.07, 6.45) is 0. The van der Waals surface area contributed by atoms with Crippen molar-refractivity contribution < 1.29 is 28.7 Å². The summed E-state index contributed by atoms with van der Waals surface area (Å²) < 4.78 is 15.0. The highest BCUT2D eigenvalue weighted by Crippen LogP contribution is 2.39. The minimum Gasteiger partial charge on any atom is -0.468 e. The number of nitrogens with zero attached hydrogens (tertiary/aromatic N) is 2. The standard InChI is InChI=1S/C20H25ClN4O7/c1-10(22-3)8-32-9-15-17(24-11(2)23-15)12-6-13(18(25(28)29)14(21)7-12)16(19(26)30-4)20(27)31-5/h6-7,10,16,22H,8-9H2,1-5H3,(H,23,24)/t10-/m1/s1. The van der Waals surface area contributed by atoms with E-state index in [0.29, 0.717) is 29.4 Å². The normalized spacial score (nSPS) is 12.0. The van der Waals surface area contributed by atoms with E-state index in [4.69, 9.17) is 16.3 Å². The van der Waals surface area contributed by atoms with E-state index >= 15 is 0 Å². The molecule has 0 fully saturated rings. The quantitative estimate of drug-likeness (QED) is 0.232. The van der Waals surface area contributed by atoms with Crippen LogP contribution in [0, 0.1) is 17.0 Å². The molecule has 0 radical (unpaired) electrons. The molecule has 2 aromatic rings. The van der Waals surface area contributed by atoms with Crippen LogP contribution in [0.3, 0.4) is 0 Å². The Kier molecular flexibility index (Phi) is 8.70. The van der Waals surface area contributed by atoms with Gasteiger partial charge in [0.05, 0.1) is 49.3 Å². The number of carbonyl (C=O) groups excluding carboxylic acids is 2. The van der Waals surface area contributed by atoms with E-state index in [-0.39, 0.29) is 23.2 Å². The van der Waals surface area contributed by atoms with Gasteiger partial charge in [0, 0.05) is 11.6 Å². The number of aromatic nitrogens is 2. The largest absolute Gasteiger partial charge is 0.468 e. The second kappa shape index (κ2) is 11.0. The third kappa shape index (κ3) is 5.61. The van der Waals surface area contributed by atoms with Crippen LogP contribution >= 0.6 is 11.6 Å². The molecule has 0 bridgehead atoms. The van der Waals surface area contributed by atoms with Crippen molar-refractivity contribution in [3.8, 4) is 11.3 Å². The number of esters is 2. The summed E-state index contributed by atoms with van der Waals surface area (Å²) in [6, 6.07) is 2.82. The van der Waals surface area contributed by atoms with Gasteiger partial charge in [0.15, 0.2) is 5.92 Å². The molecule has 1 heterocycles. The molecule has 0 amide bonds. The molecule has 32 heavy (non-hydrogen) atoms. The maximum absolute atomic E-state index is 12.3. The second-order valence-corrected chi connectivity index (χ2v) is 7.39. The predicted molar refractivity (Wildman–Crippen MR) is 115 cm³/mol. The first-order valence-electron chi connectivity index (χ1n) is 9.58. The molecule has 1 aromatic heterocycles. The van der Waals surface area contributed by atoms with Crippen molar-refractivity contribution in [1.29, 1.82) is 0 Å². The first-order chi connectivity index (χ1) is 15.1. The van der Waals surface area contributed by atoms with Crippen molar-refractivity contribution in [1.82, 2.24) is 15.3 Å². The highest BCUT2D eigenvalue weighted by atomic mass is 35.5. The number of halogens is 1. The zero-order valence-corrected chi connectivity index (χ0v) is 19.1. The number of methoxy groups -OCH3 is 2. The lowest BCUT2D eigenvalue weighted by atomic mass is 9.94. The van der Waals surface area contributed by atoms with E-state index in [2.05, 4.69) is 24.8 Å². The molecule has 0 unspecified atom stereocenters. The minimum absolute atomic E-state index is 0.125. The van der Waals surface area contributed by atoms with E-state index in [1.807, 2.05) is 14.0 Å². The lowest BCUT2D eigenvalue weighted by Crippen LogP contribution is -2.26. The number of carbonyl (C=O) groups is 2. The first kappa shape index (κ1) is 25.2. The number of imidazole rings is 1. The lowest BCUT2D eigenvalue weighted by molar-refractivity contribution is -0.385. The Bertz CT molecular complexity index is 992. The number of likely N-dealkylation sites (N-methyl/N-ethyl adjacent to an activating group) is 1. The zero-order valence-electron chi connectivity index (χ0n) is 18.4. The molecular formula is C20H25ClN4O7. The average molecular weight is 469 g/mol. The van der Waals surface area contributed by atoms with Gasteiger partial charge in [-0.25, -0.2) is 4.98 Å². The van der Waals surface area contributed by atoms with Crippen LogP contribution in [0.4, 0.5) is 5.69 Å². The van der Waals surface area contributed by atoms with Crippen molar-refractivity contribution >= 4 is 29.2 Å². The lowest BCUT2D eigenvalue weighted by Gasteiger charge is -2.15. The third-order valence-corrected chi connectivity index (χ3v) is 5.03. The van der Waals surface area contributed by atoms with Crippen molar-refractivity contribution in [2.45, 2.75) is 32.4 Å². The molecule has 0 spiro atoms. The molecule has 12 heteroatoms. The minimum atomic E-state index is -1.69. The van der Waals surface area contributed by atoms with Crippen LogP contribution in [0.1, 0.15) is 29.9 Å². The second-order valence-electron chi connectivity index (χ2n) is 6.98. The van der Waals surface area contributed by atoms with E-state index in [1.54, 1.807) is 6.92 Å². The van der Waals surface area contributed by atoms with Crippen molar-refractivity contribution in [3.63, 3.8) is 0 Å². The number of aryl methyl sites for hydroxylation is 1. The Labute approximate surface area is 189 Å². The Morgan fingerprint density at radius 1 is 1.28 bits per heavy atom. The fourth-order valence-electron chi connectivity index (χ4n) is 3.06. The van der Waals surface area contributed by atoms with Crippen LogP contribution < -0.4 is 5.32 Å². The Morgan fingerprint density at radius 3 is 2.44 bits per heavy atom. The van der Waals surface area contributed by atoms with Crippen LogP contribution in [-0.2, 0) is 30.4 Å². The van der Waals surface area contributed by atoms with Gasteiger partial charge in [-0.2, -0.15) is 0 Å². The molecule has 2 N–H and O–H groups in total. The summed E-state index contributed by atoms with van der Waals surface area (Å²) in [5, 5.41) is 14.5. The molecule has 174 valence electrons. The summed E-state index contributed by atoms with van der Waals surface area (Å²) in [7, 11) is 3.95. The van der Waals surface area contributed by atoms with Crippen molar-refractivity contribution in [2.24, 2.45) is 0 Å². The molecular weight excluding hydrogens is 444 g/mol. The van der Waals surface area contributed by atoms with Crippen LogP contribution in [-0.4, -0.2) is 60.7 Å². The highest BCUT2D eigenvalue weighted by Gasteiger charge is 2.38. The number of aromatic amines is 1. The highest BCUT2D eigenvalue weighted by molar-refractivity contribution is 6.33. The molecule has 0 saturated carbocycles. The Balaban J connectivity index is 2.61. The number of rotatable bonds is 10.